The van der Waals surface area contributed by atoms with E-state index < -0.39 is 38.3 Å². The predicted molar refractivity (Wildman–Crippen MR) is 157 cm³/mol. The zero-order valence-electron chi connectivity index (χ0n) is 24.2. The van der Waals surface area contributed by atoms with Gasteiger partial charge in [-0.1, -0.05) is 84.0 Å². The number of unbranched alkanes of at least 4 members (excludes halogenated alkanes) is 11. The van der Waals surface area contributed by atoms with Crippen molar-refractivity contribution in [2.75, 3.05) is 18.7 Å². The van der Waals surface area contributed by atoms with Crippen LogP contribution in [0.4, 0.5) is 5.82 Å². The summed E-state index contributed by atoms with van der Waals surface area (Å²) in [7, 11) is -4.13. The van der Waals surface area contributed by atoms with Crippen LogP contribution < -0.4 is 11.5 Å². The van der Waals surface area contributed by atoms with E-state index in [2.05, 4.69) is 21.9 Å². The van der Waals surface area contributed by atoms with Gasteiger partial charge in [0.05, 0.1) is 43.8 Å². The monoisotopic (exact) mass is 586 g/mol. The topological polar surface area (TPSA) is 192 Å². The van der Waals surface area contributed by atoms with E-state index in [0.717, 1.165) is 19.3 Å². The van der Waals surface area contributed by atoms with Crippen LogP contribution in [0.15, 0.2) is 12.7 Å². The third kappa shape index (κ3) is 12.9. The highest BCUT2D eigenvalue weighted by Crippen LogP contribution is 2.42. The molecule has 0 saturated heterocycles. The van der Waals surface area contributed by atoms with Crippen LogP contribution in [0.25, 0.3) is 11.2 Å². The third-order valence-electron chi connectivity index (χ3n) is 7.06. The highest BCUT2D eigenvalue weighted by molar-refractivity contribution is 7.52. The van der Waals surface area contributed by atoms with Gasteiger partial charge >= 0.3 is 7.60 Å². The van der Waals surface area contributed by atoms with E-state index >= 15 is 0 Å². The summed E-state index contributed by atoms with van der Waals surface area (Å²) in [6.45, 7) is 3.90. The van der Waals surface area contributed by atoms with Crippen molar-refractivity contribution in [3.05, 3.63) is 12.7 Å². The van der Waals surface area contributed by atoms with Gasteiger partial charge in [-0.25, -0.2) is 15.0 Å². The van der Waals surface area contributed by atoms with Crippen LogP contribution >= 0.6 is 7.60 Å². The van der Waals surface area contributed by atoms with Gasteiger partial charge in [-0.2, -0.15) is 0 Å². The number of hydrogen-bond donors (Lipinski definition) is 5. The molecule has 7 N–H and O–H groups in total. The minimum atomic E-state index is -4.13. The maximum Gasteiger partial charge on any atom is 0.353 e. The maximum absolute atomic E-state index is 12.4. The van der Waals surface area contributed by atoms with Gasteiger partial charge < -0.3 is 40.4 Å². The van der Waals surface area contributed by atoms with E-state index in [1.807, 2.05) is 0 Å². The Morgan fingerprint density at radius 3 is 2.20 bits per heavy atom. The first-order valence-electron chi connectivity index (χ1n) is 14.8. The Balaban J connectivity index is 1.57. The van der Waals surface area contributed by atoms with Gasteiger partial charge in [-0.3, -0.25) is 4.57 Å². The molecule has 5 unspecified atom stereocenters. The van der Waals surface area contributed by atoms with E-state index in [9.17, 15) is 19.7 Å². The lowest BCUT2D eigenvalue weighted by molar-refractivity contribution is -0.0117. The van der Waals surface area contributed by atoms with Crippen LogP contribution in [0.3, 0.4) is 0 Å². The van der Waals surface area contributed by atoms with Crippen LogP contribution in [0.2, 0.25) is 0 Å². The predicted octanol–water partition coefficient (Wildman–Crippen LogP) is 4.11. The van der Waals surface area contributed by atoms with Gasteiger partial charge in [0.2, 0.25) is 0 Å². The van der Waals surface area contributed by atoms with Crippen LogP contribution in [-0.2, 0) is 20.4 Å². The third-order valence-corrected chi connectivity index (χ3v) is 8.09. The Labute approximate surface area is 238 Å². The molecule has 0 aliphatic heterocycles. The number of rotatable bonds is 23. The van der Waals surface area contributed by atoms with Crippen LogP contribution in [0, 0.1) is 0 Å². The molecule has 12 nitrogen and oxygen atoms in total. The summed E-state index contributed by atoms with van der Waals surface area (Å²) in [4.78, 5) is 22.4. The second-order valence-electron chi connectivity index (χ2n) is 10.8. The summed E-state index contributed by atoms with van der Waals surface area (Å²) < 4.78 is 24.7. The summed E-state index contributed by atoms with van der Waals surface area (Å²) in [5.41, 5.74) is 12.7. The molecule has 2 heterocycles. The molecular weight excluding hydrogens is 535 g/mol. The summed E-state index contributed by atoms with van der Waals surface area (Å²) in [6.07, 6.45) is 14.6. The Hall–Kier alpha value is -1.66. The molecule has 0 aliphatic carbocycles. The summed E-state index contributed by atoms with van der Waals surface area (Å²) in [5.74, 6) is 0.267. The van der Waals surface area contributed by atoms with Gasteiger partial charge in [0.25, 0.3) is 0 Å². The van der Waals surface area contributed by atoms with Crippen molar-refractivity contribution < 1.29 is 28.9 Å². The lowest BCUT2D eigenvalue weighted by Crippen LogP contribution is -2.45. The molecule has 0 aliphatic rings. The number of imidazole rings is 1. The second kappa shape index (κ2) is 18.7. The average molecular weight is 587 g/mol. The van der Waals surface area contributed by atoms with Crippen molar-refractivity contribution in [2.24, 2.45) is 5.73 Å². The molecule has 13 heteroatoms. The van der Waals surface area contributed by atoms with Crippen LogP contribution in [0.5, 0.6) is 0 Å². The minimum absolute atomic E-state index is 0.267. The minimum Gasteiger partial charge on any atom is -0.390 e. The summed E-state index contributed by atoms with van der Waals surface area (Å²) in [6, 6.07) is -1.01. The Morgan fingerprint density at radius 2 is 1.57 bits per heavy atom. The van der Waals surface area contributed by atoms with Crippen molar-refractivity contribution in [3.63, 3.8) is 0 Å². The van der Waals surface area contributed by atoms with Crippen molar-refractivity contribution >= 4 is 24.6 Å². The van der Waals surface area contributed by atoms with Gasteiger partial charge in [0.15, 0.2) is 11.5 Å². The molecule has 0 radical (unpaired) electrons. The molecule has 0 bridgehead atoms. The molecule has 2 rings (SSSR count). The first-order chi connectivity index (χ1) is 19.1. The molecule has 2 aromatic rings. The fraction of sp³-hybridized carbons (Fsp3) is 0.815. The molecular formula is C27H51N6O6P. The van der Waals surface area contributed by atoms with E-state index in [0.29, 0.717) is 24.1 Å². The highest BCUT2D eigenvalue weighted by Gasteiger charge is 2.28. The fourth-order valence-electron chi connectivity index (χ4n) is 4.57. The van der Waals surface area contributed by atoms with Crippen LogP contribution in [0.1, 0.15) is 97.3 Å². The number of anilines is 1. The van der Waals surface area contributed by atoms with E-state index in [1.54, 1.807) is 17.8 Å². The molecule has 40 heavy (non-hydrogen) atoms. The number of ether oxygens (including phenoxy) is 1. The number of nitrogens with zero attached hydrogens (tertiary/aromatic N) is 4. The number of fused-ring (bicyclic) bond motifs is 1. The summed E-state index contributed by atoms with van der Waals surface area (Å²) >= 11 is 0. The average Bonchev–Trinajstić information content (AvgIpc) is 3.34. The van der Waals surface area contributed by atoms with E-state index in [-0.39, 0.29) is 12.4 Å². The van der Waals surface area contributed by atoms with E-state index in [1.165, 1.54) is 64.1 Å². The number of hydrogen-bond acceptors (Lipinski definition) is 10. The Bertz CT molecular complexity index is 1010. The highest BCUT2D eigenvalue weighted by atomic mass is 31.2. The molecule has 2 aromatic heterocycles. The standard InChI is InChI=1S/C27H51N6O6P/c1-3-4-5-6-7-8-9-10-11-12-13-14-15-23(34)25(35)22(28)17-39-40(36,37)20-38-21(2)16-33-19-32-24-26(29)30-18-31-27(24)33/h18-19,21-23,25,34-35H,3-17,20,28H2,1-2H3,(H,36,37)(H2,29,30,31). The number of nitrogen functional groups attached to an aromatic ring is 1. The van der Waals surface area contributed by atoms with Gasteiger partial charge in [-0.15, -0.1) is 0 Å². The molecule has 230 valence electrons. The Morgan fingerprint density at radius 1 is 0.975 bits per heavy atom. The van der Waals surface area contributed by atoms with Crippen molar-refractivity contribution in [3.8, 4) is 0 Å². The lowest BCUT2D eigenvalue weighted by atomic mass is 10.00. The quantitative estimate of drug-likeness (QED) is 0.0929. The second-order valence-corrected chi connectivity index (χ2v) is 12.6. The maximum atomic E-state index is 12.4. The normalized spacial score (nSPS) is 16.6. The van der Waals surface area contributed by atoms with Gasteiger partial charge in [0.1, 0.15) is 18.2 Å². The molecule has 0 aromatic carbocycles. The van der Waals surface area contributed by atoms with Crippen molar-refractivity contribution in [1.29, 1.82) is 0 Å². The van der Waals surface area contributed by atoms with E-state index in [4.69, 9.17) is 20.7 Å². The largest absolute Gasteiger partial charge is 0.390 e. The van der Waals surface area contributed by atoms with Crippen LogP contribution in [-0.4, -0.2) is 71.9 Å². The smallest absolute Gasteiger partial charge is 0.353 e. The summed E-state index contributed by atoms with van der Waals surface area (Å²) in [5, 5.41) is 20.6. The number of aliphatic hydroxyl groups is 2. The zero-order valence-corrected chi connectivity index (χ0v) is 25.1. The first-order valence-corrected chi connectivity index (χ1v) is 16.5. The zero-order chi connectivity index (χ0) is 29.4. The molecule has 0 saturated carbocycles. The van der Waals surface area contributed by atoms with Gasteiger partial charge in [-0.05, 0) is 13.3 Å². The molecule has 0 spiro atoms. The molecule has 0 amide bonds. The van der Waals surface area contributed by atoms with Crippen molar-refractivity contribution in [2.45, 2.75) is 128 Å². The Kier molecular flexibility index (Phi) is 16.2. The fourth-order valence-corrected chi connectivity index (χ4v) is 5.49. The molecule has 5 atom stereocenters. The first kappa shape index (κ1) is 34.5. The number of nitrogens with two attached hydrogens (primary N) is 2. The van der Waals surface area contributed by atoms with Crippen molar-refractivity contribution in [1.82, 2.24) is 19.5 Å². The number of aliphatic hydroxyl groups excluding tert-OH is 2. The lowest BCUT2D eigenvalue weighted by Gasteiger charge is -2.25. The number of aromatic nitrogens is 4. The van der Waals surface area contributed by atoms with Gasteiger partial charge in [0, 0.05) is 0 Å². The SMILES string of the molecule is CCCCCCCCCCCCCCC(O)C(O)C(N)COP(=O)(O)COC(C)Cn1cnc2c(N)ncnc21. The molecule has 0 fully saturated rings.